The van der Waals surface area contributed by atoms with Crippen molar-refractivity contribution in [3.8, 4) is 0 Å². The van der Waals surface area contributed by atoms with Gasteiger partial charge in [0.05, 0.1) is 5.92 Å². The lowest BCUT2D eigenvalue weighted by Crippen LogP contribution is -2.30. The average Bonchev–Trinajstić information content (AvgIpc) is 2.01. The molecule has 0 aromatic carbocycles. The number of aliphatic carboxylic acids is 1. The summed E-state index contributed by atoms with van der Waals surface area (Å²) in [5.41, 5.74) is 0.354. The largest absolute Gasteiger partial charge is 0.481 e. The van der Waals surface area contributed by atoms with Gasteiger partial charge in [0.1, 0.15) is 0 Å². The van der Waals surface area contributed by atoms with Gasteiger partial charge in [-0.15, -0.1) is 0 Å². The molecule has 0 spiro atoms. The molecule has 0 saturated heterocycles. The van der Waals surface area contributed by atoms with Crippen LogP contribution in [0.3, 0.4) is 0 Å². The zero-order chi connectivity index (χ0) is 10.1. The van der Waals surface area contributed by atoms with Crippen LogP contribution in [0.5, 0.6) is 0 Å². The van der Waals surface area contributed by atoms with Crippen molar-refractivity contribution in [1.29, 1.82) is 0 Å². The summed E-state index contributed by atoms with van der Waals surface area (Å²) < 4.78 is 0. The molecule has 0 aliphatic heterocycles. The van der Waals surface area contributed by atoms with Crippen molar-refractivity contribution in [2.24, 2.45) is 17.3 Å². The smallest absolute Gasteiger partial charge is 0.306 e. The Morgan fingerprint density at radius 1 is 1.54 bits per heavy atom. The van der Waals surface area contributed by atoms with E-state index in [1.807, 2.05) is 6.92 Å². The van der Waals surface area contributed by atoms with E-state index in [2.05, 4.69) is 13.8 Å². The Hall–Kier alpha value is -0.530. The van der Waals surface area contributed by atoms with E-state index in [9.17, 15) is 4.79 Å². The lowest BCUT2D eigenvalue weighted by atomic mass is 9.68. The molecule has 2 nitrogen and oxygen atoms in total. The summed E-state index contributed by atoms with van der Waals surface area (Å²) in [6, 6.07) is 0. The zero-order valence-corrected chi connectivity index (χ0v) is 8.84. The van der Waals surface area contributed by atoms with Crippen LogP contribution in [0.15, 0.2) is 0 Å². The monoisotopic (exact) mass is 184 g/mol. The number of rotatable bonds is 2. The molecule has 76 valence electrons. The Balaban J connectivity index is 2.56. The van der Waals surface area contributed by atoms with Gasteiger partial charge < -0.3 is 5.11 Å². The van der Waals surface area contributed by atoms with Gasteiger partial charge >= 0.3 is 5.97 Å². The molecule has 0 amide bonds. The zero-order valence-electron chi connectivity index (χ0n) is 8.84. The van der Waals surface area contributed by atoms with E-state index in [-0.39, 0.29) is 5.92 Å². The summed E-state index contributed by atoms with van der Waals surface area (Å²) in [4.78, 5) is 10.8. The van der Waals surface area contributed by atoms with Gasteiger partial charge in [-0.2, -0.15) is 0 Å². The molecule has 1 aliphatic carbocycles. The summed E-state index contributed by atoms with van der Waals surface area (Å²) in [5.74, 6) is -0.413. The summed E-state index contributed by atoms with van der Waals surface area (Å²) >= 11 is 0. The maximum Gasteiger partial charge on any atom is 0.306 e. The second kappa shape index (κ2) is 3.69. The summed E-state index contributed by atoms with van der Waals surface area (Å²) in [6.07, 6.45) is 4.60. The van der Waals surface area contributed by atoms with Crippen molar-refractivity contribution in [2.75, 3.05) is 0 Å². The topological polar surface area (TPSA) is 37.3 Å². The highest BCUT2D eigenvalue weighted by molar-refractivity contribution is 5.69. The first-order chi connectivity index (χ1) is 5.92. The summed E-state index contributed by atoms with van der Waals surface area (Å²) in [5, 5.41) is 8.90. The van der Waals surface area contributed by atoms with Gasteiger partial charge in [-0.1, -0.05) is 27.2 Å². The Morgan fingerprint density at radius 3 is 2.62 bits per heavy atom. The quantitative estimate of drug-likeness (QED) is 0.716. The van der Waals surface area contributed by atoms with E-state index in [4.69, 9.17) is 5.11 Å². The Morgan fingerprint density at radius 2 is 2.15 bits per heavy atom. The fraction of sp³-hybridized carbons (Fsp3) is 0.909. The average molecular weight is 184 g/mol. The molecule has 2 unspecified atom stereocenters. The molecule has 0 aromatic heterocycles. The van der Waals surface area contributed by atoms with Crippen LogP contribution in [0.4, 0.5) is 0 Å². The molecule has 2 atom stereocenters. The summed E-state index contributed by atoms with van der Waals surface area (Å²) in [7, 11) is 0. The highest BCUT2D eigenvalue weighted by atomic mass is 16.4. The number of hydrogen-bond acceptors (Lipinski definition) is 1. The molecule has 0 heterocycles. The predicted molar refractivity (Wildman–Crippen MR) is 52.5 cm³/mol. The SMILES string of the molecule is CC(C(=O)O)C1CCCC(C)(C)C1. The predicted octanol–water partition coefficient (Wildman–Crippen LogP) is 2.92. The van der Waals surface area contributed by atoms with Crippen molar-refractivity contribution >= 4 is 5.97 Å². The van der Waals surface area contributed by atoms with Gasteiger partial charge in [0.25, 0.3) is 0 Å². The molecule has 1 fully saturated rings. The maximum absolute atomic E-state index is 10.8. The standard InChI is InChI=1S/C11H20O2/c1-8(10(12)13)9-5-4-6-11(2,3)7-9/h8-9H,4-7H2,1-3H3,(H,12,13). The lowest BCUT2D eigenvalue weighted by Gasteiger charge is -2.36. The third kappa shape index (κ3) is 2.71. The van der Waals surface area contributed by atoms with Crippen LogP contribution < -0.4 is 0 Å². The summed E-state index contributed by atoms with van der Waals surface area (Å²) in [6.45, 7) is 6.33. The minimum atomic E-state index is -0.636. The molecule has 0 bridgehead atoms. The van der Waals surface area contributed by atoms with Crippen molar-refractivity contribution in [1.82, 2.24) is 0 Å². The molecule has 1 N–H and O–H groups in total. The van der Waals surface area contributed by atoms with Crippen LogP contribution >= 0.6 is 0 Å². The van der Waals surface area contributed by atoms with Crippen LogP contribution in [0.1, 0.15) is 46.5 Å². The Labute approximate surface area is 80.3 Å². The minimum absolute atomic E-state index is 0.167. The molecule has 1 aliphatic rings. The van der Waals surface area contributed by atoms with Crippen molar-refractivity contribution in [3.05, 3.63) is 0 Å². The van der Waals surface area contributed by atoms with Crippen LogP contribution in [-0.2, 0) is 4.79 Å². The van der Waals surface area contributed by atoms with E-state index in [0.717, 1.165) is 12.8 Å². The Bertz CT molecular complexity index is 196. The van der Waals surface area contributed by atoms with Gasteiger partial charge in [0.15, 0.2) is 0 Å². The highest BCUT2D eigenvalue weighted by Crippen LogP contribution is 2.41. The van der Waals surface area contributed by atoms with Crippen LogP contribution in [-0.4, -0.2) is 11.1 Å². The van der Waals surface area contributed by atoms with Crippen molar-refractivity contribution in [3.63, 3.8) is 0 Å². The van der Waals surface area contributed by atoms with Gasteiger partial charge in [-0.25, -0.2) is 0 Å². The first kappa shape index (κ1) is 10.6. The Kier molecular flexibility index (Phi) is 2.99. The minimum Gasteiger partial charge on any atom is -0.481 e. The van der Waals surface area contributed by atoms with Crippen molar-refractivity contribution < 1.29 is 9.90 Å². The normalized spacial score (nSPS) is 29.6. The fourth-order valence-corrected chi connectivity index (χ4v) is 2.39. The molecule has 1 rings (SSSR count). The lowest BCUT2D eigenvalue weighted by molar-refractivity contribution is -0.143. The third-order valence-electron chi connectivity index (χ3n) is 3.34. The number of carbonyl (C=O) groups is 1. The molecular formula is C11H20O2. The van der Waals surface area contributed by atoms with Gasteiger partial charge in [0, 0.05) is 0 Å². The van der Waals surface area contributed by atoms with E-state index in [0.29, 0.717) is 11.3 Å². The molecule has 2 heteroatoms. The van der Waals surface area contributed by atoms with Crippen LogP contribution in [0.25, 0.3) is 0 Å². The molecule has 0 aromatic rings. The number of carboxylic acids is 1. The van der Waals surface area contributed by atoms with Crippen molar-refractivity contribution in [2.45, 2.75) is 46.5 Å². The number of carboxylic acid groups (broad SMARTS) is 1. The van der Waals surface area contributed by atoms with Crippen LogP contribution in [0, 0.1) is 17.3 Å². The van der Waals surface area contributed by atoms with E-state index in [1.54, 1.807) is 0 Å². The van der Waals surface area contributed by atoms with E-state index < -0.39 is 5.97 Å². The van der Waals surface area contributed by atoms with E-state index >= 15 is 0 Å². The molecular weight excluding hydrogens is 164 g/mol. The third-order valence-corrected chi connectivity index (χ3v) is 3.34. The number of hydrogen-bond donors (Lipinski definition) is 1. The van der Waals surface area contributed by atoms with Gasteiger partial charge in [0.2, 0.25) is 0 Å². The second-order valence-electron chi connectivity index (χ2n) is 5.15. The van der Waals surface area contributed by atoms with E-state index in [1.165, 1.54) is 12.8 Å². The first-order valence-electron chi connectivity index (χ1n) is 5.15. The fourth-order valence-electron chi connectivity index (χ4n) is 2.39. The maximum atomic E-state index is 10.8. The molecule has 1 saturated carbocycles. The highest BCUT2D eigenvalue weighted by Gasteiger charge is 2.33. The van der Waals surface area contributed by atoms with Gasteiger partial charge in [-0.3, -0.25) is 4.79 Å². The second-order valence-corrected chi connectivity index (χ2v) is 5.15. The van der Waals surface area contributed by atoms with Gasteiger partial charge in [-0.05, 0) is 30.6 Å². The molecule has 0 radical (unpaired) electrons. The van der Waals surface area contributed by atoms with Crippen LogP contribution in [0.2, 0.25) is 0 Å². The first-order valence-corrected chi connectivity index (χ1v) is 5.15. The molecule has 13 heavy (non-hydrogen) atoms.